The molecular weight excluding hydrogens is 229 g/mol. The standard InChI is InChI=1S/C14H22FN3/c1-17-6-8-18(9-7-17)5-4-12-2-3-13(11-16)14(15)10-12/h2-3,10H,4-9,11,16H2,1H3. The third kappa shape index (κ3) is 3.51. The SMILES string of the molecule is CN1CCN(CCc2ccc(CN)c(F)c2)CC1. The minimum Gasteiger partial charge on any atom is -0.326 e. The zero-order valence-corrected chi connectivity index (χ0v) is 11.0. The number of hydrogen-bond acceptors (Lipinski definition) is 3. The maximum atomic E-state index is 13.6. The van der Waals surface area contributed by atoms with Crippen molar-refractivity contribution >= 4 is 0 Å². The second-order valence-electron chi connectivity index (χ2n) is 5.02. The fraction of sp³-hybridized carbons (Fsp3) is 0.571. The highest BCUT2D eigenvalue weighted by molar-refractivity contribution is 5.24. The zero-order chi connectivity index (χ0) is 13.0. The van der Waals surface area contributed by atoms with Gasteiger partial charge >= 0.3 is 0 Å². The van der Waals surface area contributed by atoms with Crippen LogP contribution in [0.15, 0.2) is 18.2 Å². The fourth-order valence-corrected chi connectivity index (χ4v) is 2.27. The van der Waals surface area contributed by atoms with Gasteiger partial charge in [0.05, 0.1) is 0 Å². The van der Waals surface area contributed by atoms with Gasteiger partial charge in [0.15, 0.2) is 0 Å². The van der Waals surface area contributed by atoms with Crippen LogP contribution < -0.4 is 5.73 Å². The summed E-state index contributed by atoms with van der Waals surface area (Å²) in [5.74, 6) is -0.173. The number of nitrogens with zero attached hydrogens (tertiary/aromatic N) is 2. The number of likely N-dealkylation sites (N-methyl/N-ethyl adjacent to an activating group) is 1. The van der Waals surface area contributed by atoms with E-state index in [0.29, 0.717) is 5.56 Å². The molecule has 0 bridgehead atoms. The second-order valence-corrected chi connectivity index (χ2v) is 5.02. The summed E-state index contributed by atoms with van der Waals surface area (Å²) in [6.45, 7) is 5.75. The van der Waals surface area contributed by atoms with E-state index in [0.717, 1.165) is 44.7 Å². The molecule has 0 aromatic heterocycles. The van der Waals surface area contributed by atoms with Gasteiger partial charge < -0.3 is 15.5 Å². The first kappa shape index (κ1) is 13.5. The van der Waals surface area contributed by atoms with Crippen LogP contribution in [0.25, 0.3) is 0 Å². The highest BCUT2D eigenvalue weighted by Crippen LogP contribution is 2.11. The van der Waals surface area contributed by atoms with Gasteiger partial charge in [-0.3, -0.25) is 0 Å². The van der Waals surface area contributed by atoms with Crippen LogP contribution in [0.4, 0.5) is 4.39 Å². The van der Waals surface area contributed by atoms with Crippen LogP contribution in [-0.4, -0.2) is 49.6 Å². The molecule has 0 unspecified atom stereocenters. The lowest BCUT2D eigenvalue weighted by molar-refractivity contribution is 0.155. The van der Waals surface area contributed by atoms with Crippen molar-refractivity contribution < 1.29 is 4.39 Å². The monoisotopic (exact) mass is 251 g/mol. The molecule has 1 fully saturated rings. The average Bonchev–Trinajstić information content (AvgIpc) is 2.38. The molecule has 0 spiro atoms. The minimum atomic E-state index is -0.173. The van der Waals surface area contributed by atoms with Crippen molar-refractivity contribution in [1.82, 2.24) is 9.80 Å². The minimum absolute atomic E-state index is 0.173. The molecule has 1 saturated heterocycles. The van der Waals surface area contributed by atoms with E-state index < -0.39 is 0 Å². The third-order valence-electron chi connectivity index (χ3n) is 3.65. The van der Waals surface area contributed by atoms with Gasteiger partial charge in [-0.15, -0.1) is 0 Å². The van der Waals surface area contributed by atoms with Gasteiger partial charge in [0.25, 0.3) is 0 Å². The first-order valence-corrected chi connectivity index (χ1v) is 6.57. The Morgan fingerprint density at radius 1 is 1.22 bits per heavy atom. The summed E-state index contributed by atoms with van der Waals surface area (Å²) in [6, 6.07) is 5.41. The molecular formula is C14H22FN3. The van der Waals surface area contributed by atoms with Gasteiger partial charge in [-0.25, -0.2) is 4.39 Å². The predicted octanol–water partition coefficient (Wildman–Crippen LogP) is 1.07. The topological polar surface area (TPSA) is 32.5 Å². The van der Waals surface area contributed by atoms with Gasteiger partial charge in [0.1, 0.15) is 5.82 Å². The molecule has 2 N–H and O–H groups in total. The number of hydrogen-bond donors (Lipinski definition) is 1. The van der Waals surface area contributed by atoms with Gasteiger partial charge in [0.2, 0.25) is 0 Å². The summed E-state index contributed by atoms with van der Waals surface area (Å²) in [5, 5.41) is 0. The van der Waals surface area contributed by atoms with E-state index in [4.69, 9.17) is 5.73 Å². The summed E-state index contributed by atoms with van der Waals surface area (Å²) in [6.07, 6.45) is 0.908. The highest BCUT2D eigenvalue weighted by atomic mass is 19.1. The first-order valence-electron chi connectivity index (χ1n) is 6.57. The second kappa shape index (κ2) is 6.27. The molecule has 1 heterocycles. The molecule has 0 radical (unpaired) electrons. The molecule has 1 aromatic carbocycles. The van der Waals surface area contributed by atoms with Crippen molar-refractivity contribution in [2.45, 2.75) is 13.0 Å². The Morgan fingerprint density at radius 3 is 2.56 bits per heavy atom. The molecule has 0 aliphatic carbocycles. The van der Waals surface area contributed by atoms with Crippen molar-refractivity contribution in [3.8, 4) is 0 Å². The van der Waals surface area contributed by atoms with Crippen LogP contribution in [0.2, 0.25) is 0 Å². The van der Waals surface area contributed by atoms with Gasteiger partial charge in [-0.05, 0) is 25.1 Å². The number of benzene rings is 1. The van der Waals surface area contributed by atoms with Gasteiger partial charge in [-0.2, -0.15) is 0 Å². The Balaban J connectivity index is 1.84. The summed E-state index contributed by atoms with van der Waals surface area (Å²) < 4.78 is 13.6. The third-order valence-corrected chi connectivity index (χ3v) is 3.65. The van der Waals surface area contributed by atoms with E-state index >= 15 is 0 Å². The number of nitrogens with two attached hydrogens (primary N) is 1. The number of piperazine rings is 1. The normalized spacial score (nSPS) is 18.2. The van der Waals surface area contributed by atoms with Crippen LogP contribution in [0.5, 0.6) is 0 Å². The molecule has 4 heteroatoms. The first-order chi connectivity index (χ1) is 8.69. The molecule has 2 rings (SSSR count). The molecule has 0 atom stereocenters. The molecule has 3 nitrogen and oxygen atoms in total. The lowest BCUT2D eigenvalue weighted by Crippen LogP contribution is -2.45. The fourth-order valence-electron chi connectivity index (χ4n) is 2.27. The quantitative estimate of drug-likeness (QED) is 0.869. The Labute approximate surface area is 108 Å². The maximum Gasteiger partial charge on any atom is 0.127 e. The predicted molar refractivity (Wildman–Crippen MR) is 71.9 cm³/mol. The van der Waals surface area contributed by atoms with Crippen LogP contribution >= 0.6 is 0 Å². The largest absolute Gasteiger partial charge is 0.326 e. The molecule has 0 saturated carbocycles. The lowest BCUT2D eigenvalue weighted by Gasteiger charge is -2.32. The van der Waals surface area contributed by atoms with E-state index in [1.54, 1.807) is 12.1 Å². The molecule has 18 heavy (non-hydrogen) atoms. The van der Waals surface area contributed by atoms with Gasteiger partial charge in [0, 0.05) is 44.8 Å². The van der Waals surface area contributed by atoms with Crippen molar-refractivity contribution in [2.75, 3.05) is 39.8 Å². The van der Waals surface area contributed by atoms with E-state index in [9.17, 15) is 4.39 Å². The summed E-state index contributed by atoms with van der Waals surface area (Å²) in [7, 11) is 2.15. The van der Waals surface area contributed by atoms with Crippen molar-refractivity contribution in [1.29, 1.82) is 0 Å². The molecule has 100 valence electrons. The zero-order valence-electron chi connectivity index (χ0n) is 11.0. The van der Waals surface area contributed by atoms with E-state index in [1.807, 2.05) is 6.07 Å². The number of halogens is 1. The Hall–Kier alpha value is -0.970. The lowest BCUT2D eigenvalue weighted by atomic mass is 10.1. The van der Waals surface area contributed by atoms with Crippen LogP contribution in [-0.2, 0) is 13.0 Å². The van der Waals surface area contributed by atoms with E-state index in [-0.39, 0.29) is 12.4 Å². The summed E-state index contributed by atoms with van der Waals surface area (Å²) in [4.78, 5) is 4.78. The van der Waals surface area contributed by atoms with Crippen LogP contribution in [0.1, 0.15) is 11.1 Å². The van der Waals surface area contributed by atoms with E-state index in [1.165, 1.54) is 0 Å². The number of rotatable bonds is 4. The Kier molecular flexibility index (Phi) is 4.69. The molecule has 1 aliphatic heterocycles. The van der Waals surface area contributed by atoms with Crippen LogP contribution in [0, 0.1) is 5.82 Å². The van der Waals surface area contributed by atoms with Crippen molar-refractivity contribution in [2.24, 2.45) is 5.73 Å². The molecule has 1 aromatic rings. The molecule has 0 amide bonds. The van der Waals surface area contributed by atoms with Crippen molar-refractivity contribution in [3.63, 3.8) is 0 Å². The van der Waals surface area contributed by atoms with E-state index in [2.05, 4.69) is 16.8 Å². The molecule has 1 aliphatic rings. The average molecular weight is 251 g/mol. The highest BCUT2D eigenvalue weighted by Gasteiger charge is 2.13. The van der Waals surface area contributed by atoms with Gasteiger partial charge in [-0.1, -0.05) is 12.1 Å². The Morgan fingerprint density at radius 2 is 1.94 bits per heavy atom. The van der Waals surface area contributed by atoms with Crippen molar-refractivity contribution in [3.05, 3.63) is 35.1 Å². The maximum absolute atomic E-state index is 13.6. The summed E-state index contributed by atoms with van der Waals surface area (Å²) in [5.41, 5.74) is 7.11. The van der Waals surface area contributed by atoms with Crippen LogP contribution in [0.3, 0.4) is 0 Å². The summed E-state index contributed by atoms with van der Waals surface area (Å²) >= 11 is 0. The smallest absolute Gasteiger partial charge is 0.127 e. The Bertz CT molecular complexity index is 387.